The van der Waals surface area contributed by atoms with Gasteiger partial charge in [-0.15, -0.1) is 0 Å². The molecule has 6 N–H and O–H groups in total. The third-order valence-corrected chi connectivity index (χ3v) is 4.28. The molecule has 0 bridgehead atoms. The number of aromatic hydroxyl groups is 4. The van der Waals surface area contributed by atoms with Gasteiger partial charge in [-0.1, -0.05) is 12.1 Å². The van der Waals surface area contributed by atoms with E-state index in [1.807, 2.05) is 0 Å². The van der Waals surface area contributed by atoms with Gasteiger partial charge in [0.25, 0.3) is 20.2 Å². The molecule has 0 saturated heterocycles. The fourth-order valence-electron chi connectivity index (χ4n) is 1.44. The number of para-hydroxylation sites is 2. The molecule has 132 valence electrons. The maximum atomic E-state index is 10.5. The van der Waals surface area contributed by atoms with Gasteiger partial charge >= 0.3 is 0 Å². The molecule has 12 heteroatoms. The van der Waals surface area contributed by atoms with Crippen LogP contribution in [0.4, 0.5) is 0 Å². The first-order valence-electron chi connectivity index (χ1n) is 5.82. The quantitative estimate of drug-likeness (QED) is 0.319. The van der Waals surface area contributed by atoms with E-state index >= 15 is 0 Å². The van der Waals surface area contributed by atoms with E-state index in [1.165, 1.54) is 12.1 Å². The van der Waals surface area contributed by atoms with Crippen molar-refractivity contribution in [2.45, 2.75) is 9.79 Å². The molecular formula is C12H12O10S2. The molecule has 24 heavy (non-hydrogen) atoms. The van der Waals surface area contributed by atoms with Crippen molar-refractivity contribution < 1.29 is 46.4 Å². The van der Waals surface area contributed by atoms with E-state index in [2.05, 4.69) is 0 Å². The van der Waals surface area contributed by atoms with Crippen LogP contribution in [0, 0.1) is 0 Å². The fourth-order valence-corrected chi connectivity index (χ4v) is 2.64. The molecule has 0 unspecified atom stereocenters. The van der Waals surface area contributed by atoms with E-state index in [9.17, 15) is 16.8 Å². The molecule has 2 rings (SSSR count). The van der Waals surface area contributed by atoms with Crippen LogP contribution in [0.2, 0.25) is 0 Å². The van der Waals surface area contributed by atoms with E-state index in [0.717, 1.165) is 24.3 Å². The first kappa shape index (κ1) is 19.5. The molecule has 0 spiro atoms. The minimum Gasteiger partial charge on any atom is -0.504 e. The molecule has 0 aromatic heterocycles. The average Bonchev–Trinajstić information content (AvgIpc) is 2.43. The number of hydrogen-bond donors (Lipinski definition) is 6. The van der Waals surface area contributed by atoms with Gasteiger partial charge in [0.05, 0.1) is 0 Å². The lowest BCUT2D eigenvalue weighted by molar-refractivity contribution is 0.388. The SMILES string of the molecule is O=S(=O)(O)c1cccc(O)c1O.O=S(=O)(O)c1cccc(O)c1O. The van der Waals surface area contributed by atoms with Crippen LogP contribution < -0.4 is 0 Å². The molecule has 0 atom stereocenters. The summed E-state index contributed by atoms with van der Waals surface area (Å²) in [5, 5.41) is 35.6. The Labute approximate surface area is 136 Å². The predicted octanol–water partition coefficient (Wildman–Crippen LogP) is 0.689. The monoisotopic (exact) mass is 380 g/mol. The first-order valence-corrected chi connectivity index (χ1v) is 8.70. The standard InChI is InChI=1S/2C6H6O5S/c2*7-4-2-1-3-5(6(4)8)12(9,10)11/h2*1-3,7-8H,(H,9,10,11). The van der Waals surface area contributed by atoms with Gasteiger partial charge in [-0.2, -0.15) is 16.8 Å². The summed E-state index contributed by atoms with van der Waals surface area (Å²) in [5.74, 6) is -2.88. The normalized spacial score (nSPS) is 11.4. The molecule has 2 aromatic rings. The molecule has 0 aliphatic carbocycles. The number of rotatable bonds is 2. The smallest absolute Gasteiger partial charge is 0.298 e. The molecule has 10 nitrogen and oxygen atoms in total. The summed E-state index contributed by atoms with van der Waals surface area (Å²) in [4.78, 5) is -1.41. The Morgan fingerprint density at radius 3 is 1.08 bits per heavy atom. The average molecular weight is 380 g/mol. The van der Waals surface area contributed by atoms with Crippen LogP contribution >= 0.6 is 0 Å². The van der Waals surface area contributed by atoms with Crippen molar-refractivity contribution >= 4 is 20.2 Å². The molecule has 0 aliphatic heterocycles. The Morgan fingerprint density at radius 2 is 0.875 bits per heavy atom. The van der Waals surface area contributed by atoms with Gasteiger partial charge in [0.1, 0.15) is 9.79 Å². The number of benzene rings is 2. The van der Waals surface area contributed by atoms with Crippen molar-refractivity contribution in [3.05, 3.63) is 36.4 Å². The number of phenolic OH excluding ortho intramolecular Hbond substituents is 4. The van der Waals surface area contributed by atoms with Crippen molar-refractivity contribution in [1.29, 1.82) is 0 Å². The highest BCUT2D eigenvalue weighted by Gasteiger charge is 2.17. The Hall–Kier alpha value is -2.54. The topological polar surface area (TPSA) is 190 Å². The van der Waals surface area contributed by atoms with Crippen LogP contribution in [0.3, 0.4) is 0 Å². The van der Waals surface area contributed by atoms with Gasteiger partial charge in [0.2, 0.25) is 0 Å². The second-order valence-corrected chi connectivity index (χ2v) is 6.98. The summed E-state index contributed by atoms with van der Waals surface area (Å²) in [6, 6.07) is 6.54. The zero-order valence-electron chi connectivity index (χ0n) is 11.6. The van der Waals surface area contributed by atoms with Crippen LogP contribution in [0.1, 0.15) is 0 Å². The van der Waals surface area contributed by atoms with Crippen LogP contribution in [-0.2, 0) is 20.2 Å². The van der Waals surface area contributed by atoms with Gasteiger partial charge in [0, 0.05) is 0 Å². The van der Waals surface area contributed by atoms with E-state index in [1.54, 1.807) is 0 Å². The van der Waals surface area contributed by atoms with Crippen molar-refractivity contribution in [2.75, 3.05) is 0 Å². The van der Waals surface area contributed by atoms with Crippen molar-refractivity contribution in [3.63, 3.8) is 0 Å². The third-order valence-electron chi connectivity index (χ3n) is 2.51. The van der Waals surface area contributed by atoms with Gasteiger partial charge in [-0.25, -0.2) is 0 Å². The molecular weight excluding hydrogens is 368 g/mol. The van der Waals surface area contributed by atoms with Gasteiger partial charge in [-0.05, 0) is 24.3 Å². The van der Waals surface area contributed by atoms with Gasteiger partial charge < -0.3 is 20.4 Å². The minimum atomic E-state index is -4.47. The van der Waals surface area contributed by atoms with Crippen molar-refractivity contribution in [1.82, 2.24) is 0 Å². The Kier molecular flexibility index (Phi) is 5.62. The maximum absolute atomic E-state index is 10.5. The van der Waals surface area contributed by atoms with E-state index in [0.29, 0.717) is 0 Å². The molecule has 0 radical (unpaired) electrons. The zero-order valence-corrected chi connectivity index (χ0v) is 13.2. The Bertz CT molecular complexity index is 868. The van der Waals surface area contributed by atoms with E-state index in [-0.39, 0.29) is 0 Å². The maximum Gasteiger partial charge on any atom is 0.298 e. The Morgan fingerprint density at radius 1 is 0.583 bits per heavy atom. The largest absolute Gasteiger partial charge is 0.504 e. The summed E-state index contributed by atoms with van der Waals surface area (Å²) < 4.78 is 59.0. The fraction of sp³-hybridized carbons (Fsp3) is 0. The lowest BCUT2D eigenvalue weighted by Gasteiger charge is -2.01. The number of hydrogen-bond acceptors (Lipinski definition) is 8. The summed E-state index contributed by atoms with van der Waals surface area (Å²) in [6.45, 7) is 0. The van der Waals surface area contributed by atoms with E-state index in [4.69, 9.17) is 29.5 Å². The second kappa shape index (κ2) is 6.92. The highest BCUT2D eigenvalue weighted by atomic mass is 32.2. The molecule has 0 saturated carbocycles. The molecule has 0 heterocycles. The summed E-state index contributed by atoms with van der Waals surface area (Å²) in [5.41, 5.74) is 0. The predicted molar refractivity (Wildman–Crippen MR) is 79.2 cm³/mol. The van der Waals surface area contributed by atoms with Gasteiger partial charge in [0.15, 0.2) is 23.0 Å². The molecule has 0 amide bonds. The van der Waals surface area contributed by atoms with Gasteiger partial charge in [-0.3, -0.25) is 9.11 Å². The first-order chi connectivity index (χ1) is 10.9. The van der Waals surface area contributed by atoms with Crippen LogP contribution in [-0.4, -0.2) is 46.4 Å². The zero-order chi connectivity index (χ0) is 18.7. The van der Waals surface area contributed by atoms with E-state index < -0.39 is 53.0 Å². The lowest BCUT2D eigenvalue weighted by atomic mass is 10.3. The van der Waals surface area contributed by atoms with Crippen LogP contribution in [0.25, 0.3) is 0 Å². The second-order valence-electron chi connectivity index (χ2n) is 4.20. The summed E-state index contributed by atoms with van der Waals surface area (Å²) >= 11 is 0. The minimum absolute atomic E-state index is 0.592. The van der Waals surface area contributed by atoms with Crippen LogP contribution in [0.15, 0.2) is 46.2 Å². The third kappa shape index (κ3) is 4.73. The highest BCUT2D eigenvalue weighted by molar-refractivity contribution is 7.86. The van der Waals surface area contributed by atoms with Crippen molar-refractivity contribution in [3.8, 4) is 23.0 Å². The van der Waals surface area contributed by atoms with Crippen LogP contribution in [0.5, 0.6) is 23.0 Å². The number of phenols is 4. The highest BCUT2D eigenvalue weighted by Crippen LogP contribution is 2.31. The van der Waals surface area contributed by atoms with Crippen molar-refractivity contribution in [2.24, 2.45) is 0 Å². The summed E-state index contributed by atoms with van der Waals surface area (Å²) in [7, 11) is -8.93. The Balaban J connectivity index is 0.000000240. The lowest BCUT2D eigenvalue weighted by Crippen LogP contribution is -1.97. The molecule has 2 aromatic carbocycles. The summed E-state index contributed by atoms with van der Waals surface area (Å²) in [6.07, 6.45) is 0. The molecule has 0 aliphatic rings. The molecule has 0 fully saturated rings.